The third kappa shape index (κ3) is 4.58. The van der Waals surface area contributed by atoms with Crippen molar-refractivity contribution in [2.24, 2.45) is 5.92 Å². The zero-order chi connectivity index (χ0) is 15.2. The summed E-state index contributed by atoms with van der Waals surface area (Å²) < 4.78 is 0. The molecular weight excluding hydrogens is 282 g/mol. The van der Waals surface area contributed by atoms with Gasteiger partial charge < -0.3 is 10.2 Å². The zero-order valence-corrected chi connectivity index (χ0v) is 14.3. The van der Waals surface area contributed by atoms with Gasteiger partial charge in [0.25, 0.3) is 0 Å². The van der Waals surface area contributed by atoms with Crippen LogP contribution in [0.25, 0.3) is 0 Å². The molecule has 1 fully saturated rings. The molecule has 0 amide bonds. The highest BCUT2D eigenvalue weighted by Gasteiger charge is 2.25. The van der Waals surface area contributed by atoms with E-state index in [2.05, 4.69) is 35.1 Å². The van der Waals surface area contributed by atoms with Gasteiger partial charge in [0.05, 0.1) is 5.02 Å². The molecule has 1 saturated carbocycles. The minimum atomic E-state index is 0.615. The van der Waals surface area contributed by atoms with E-state index in [1.165, 1.54) is 32.1 Å². The van der Waals surface area contributed by atoms with Crippen LogP contribution in [0.3, 0.4) is 0 Å². The molecule has 1 aliphatic rings. The Morgan fingerprint density at radius 1 is 1.38 bits per heavy atom. The standard InChI is InChI=1S/C17H28ClN3/c1-13(2)8-9-21(15-6-4-5-7-15)17-16(18)10-14(11-19-3)12-20-17/h10,12-13,15,19H,4-9,11H2,1-3H3. The Hall–Kier alpha value is -0.800. The number of aromatic nitrogens is 1. The molecule has 0 spiro atoms. The number of nitrogens with zero attached hydrogens (tertiary/aromatic N) is 2. The zero-order valence-electron chi connectivity index (χ0n) is 13.5. The van der Waals surface area contributed by atoms with E-state index in [-0.39, 0.29) is 0 Å². The van der Waals surface area contributed by atoms with Gasteiger partial charge in [0.15, 0.2) is 0 Å². The van der Waals surface area contributed by atoms with Crippen LogP contribution in [0.4, 0.5) is 5.82 Å². The van der Waals surface area contributed by atoms with Gasteiger partial charge in [-0.1, -0.05) is 38.3 Å². The van der Waals surface area contributed by atoms with Crippen molar-refractivity contribution in [2.75, 3.05) is 18.5 Å². The summed E-state index contributed by atoms with van der Waals surface area (Å²) in [6.07, 6.45) is 8.35. The maximum absolute atomic E-state index is 6.52. The van der Waals surface area contributed by atoms with E-state index in [9.17, 15) is 0 Å². The van der Waals surface area contributed by atoms with Gasteiger partial charge in [-0.3, -0.25) is 0 Å². The van der Waals surface area contributed by atoms with Crippen LogP contribution in [0.2, 0.25) is 5.02 Å². The Kier molecular flexibility index (Phi) is 6.31. The van der Waals surface area contributed by atoms with Gasteiger partial charge in [-0.05, 0) is 43.9 Å². The smallest absolute Gasteiger partial charge is 0.147 e. The summed E-state index contributed by atoms with van der Waals surface area (Å²) in [5, 5.41) is 3.93. The average molecular weight is 310 g/mol. The quantitative estimate of drug-likeness (QED) is 0.816. The third-order valence-electron chi connectivity index (χ3n) is 4.24. The maximum Gasteiger partial charge on any atom is 0.147 e. The number of hydrogen-bond acceptors (Lipinski definition) is 3. The van der Waals surface area contributed by atoms with Crippen molar-refractivity contribution in [3.8, 4) is 0 Å². The summed E-state index contributed by atoms with van der Waals surface area (Å²) in [6.45, 7) is 6.42. The van der Waals surface area contributed by atoms with Gasteiger partial charge in [0.2, 0.25) is 0 Å². The number of rotatable bonds is 7. The first-order valence-electron chi connectivity index (χ1n) is 8.17. The highest BCUT2D eigenvalue weighted by Crippen LogP contribution is 2.32. The molecule has 1 aromatic heterocycles. The lowest BCUT2D eigenvalue weighted by atomic mass is 10.1. The molecule has 1 aromatic rings. The summed E-state index contributed by atoms with van der Waals surface area (Å²) in [7, 11) is 1.94. The van der Waals surface area contributed by atoms with E-state index in [0.717, 1.165) is 29.5 Å². The minimum absolute atomic E-state index is 0.615. The first-order valence-corrected chi connectivity index (χ1v) is 8.55. The van der Waals surface area contributed by atoms with Gasteiger partial charge in [-0.15, -0.1) is 0 Å². The van der Waals surface area contributed by atoms with Crippen LogP contribution in [0.15, 0.2) is 12.3 Å². The minimum Gasteiger partial charge on any atom is -0.352 e. The van der Waals surface area contributed by atoms with E-state index in [1.807, 2.05) is 13.2 Å². The number of hydrogen-bond donors (Lipinski definition) is 1. The predicted molar refractivity (Wildman–Crippen MR) is 91.1 cm³/mol. The lowest BCUT2D eigenvalue weighted by molar-refractivity contribution is 0.525. The summed E-state index contributed by atoms with van der Waals surface area (Å²) in [5.74, 6) is 1.68. The largest absolute Gasteiger partial charge is 0.352 e. The monoisotopic (exact) mass is 309 g/mol. The van der Waals surface area contributed by atoms with E-state index in [4.69, 9.17) is 11.6 Å². The van der Waals surface area contributed by atoms with Gasteiger partial charge >= 0.3 is 0 Å². The maximum atomic E-state index is 6.52. The molecule has 1 aliphatic carbocycles. The molecule has 21 heavy (non-hydrogen) atoms. The molecule has 0 bridgehead atoms. The van der Waals surface area contributed by atoms with Gasteiger partial charge in [0.1, 0.15) is 5.82 Å². The number of halogens is 1. The molecule has 0 aliphatic heterocycles. The number of pyridine rings is 1. The lowest BCUT2D eigenvalue weighted by Gasteiger charge is -2.31. The molecular formula is C17H28ClN3. The summed E-state index contributed by atoms with van der Waals surface area (Å²) in [4.78, 5) is 7.13. The van der Waals surface area contributed by atoms with Crippen LogP contribution in [0.5, 0.6) is 0 Å². The van der Waals surface area contributed by atoms with Crippen LogP contribution < -0.4 is 10.2 Å². The fraction of sp³-hybridized carbons (Fsp3) is 0.706. The third-order valence-corrected chi connectivity index (χ3v) is 4.52. The Morgan fingerprint density at radius 2 is 2.10 bits per heavy atom. The Balaban J connectivity index is 2.18. The Morgan fingerprint density at radius 3 is 2.67 bits per heavy atom. The first-order chi connectivity index (χ1) is 10.1. The SMILES string of the molecule is CNCc1cnc(N(CCC(C)C)C2CCCC2)c(Cl)c1. The molecule has 0 atom stereocenters. The van der Waals surface area contributed by atoms with Crippen LogP contribution in [0.1, 0.15) is 51.5 Å². The molecule has 0 unspecified atom stereocenters. The second-order valence-electron chi connectivity index (χ2n) is 6.49. The molecule has 118 valence electrons. The van der Waals surface area contributed by atoms with Crippen molar-refractivity contribution in [3.05, 3.63) is 22.8 Å². The van der Waals surface area contributed by atoms with Gasteiger partial charge in [-0.2, -0.15) is 0 Å². The fourth-order valence-corrected chi connectivity index (χ4v) is 3.35. The van der Waals surface area contributed by atoms with Crippen molar-refractivity contribution < 1.29 is 0 Å². The van der Waals surface area contributed by atoms with Crippen LogP contribution in [-0.4, -0.2) is 24.6 Å². The van der Waals surface area contributed by atoms with E-state index < -0.39 is 0 Å². The molecule has 4 heteroatoms. The Bertz CT molecular complexity index is 442. The van der Waals surface area contributed by atoms with Gasteiger partial charge in [0, 0.05) is 25.3 Å². The highest BCUT2D eigenvalue weighted by molar-refractivity contribution is 6.33. The van der Waals surface area contributed by atoms with Crippen LogP contribution in [-0.2, 0) is 6.54 Å². The van der Waals surface area contributed by atoms with E-state index in [0.29, 0.717) is 12.0 Å². The topological polar surface area (TPSA) is 28.2 Å². The van der Waals surface area contributed by atoms with Crippen molar-refractivity contribution in [3.63, 3.8) is 0 Å². The predicted octanol–water partition coefficient (Wildman–Crippen LogP) is 4.25. The van der Waals surface area contributed by atoms with Crippen molar-refractivity contribution in [2.45, 2.75) is 58.5 Å². The second-order valence-corrected chi connectivity index (χ2v) is 6.90. The van der Waals surface area contributed by atoms with Crippen molar-refractivity contribution >= 4 is 17.4 Å². The Labute approximate surface area is 134 Å². The number of nitrogens with one attached hydrogen (secondary N) is 1. The molecule has 1 heterocycles. The first kappa shape index (κ1) is 16.6. The normalized spacial score (nSPS) is 15.9. The molecule has 0 saturated heterocycles. The molecule has 3 nitrogen and oxygen atoms in total. The lowest BCUT2D eigenvalue weighted by Crippen LogP contribution is -2.35. The van der Waals surface area contributed by atoms with E-state index >= 15 is 0 Å². The second kappa shape index (κ2) is 8.00. The summed E-state index contributed by atoms with van der Waals surface area (Å²) >= 11 is 6.52. The van der Waals surface area contributed by atoms with Crippen LogP contribution in [0, 0.1) is 5.92 Å². The summed E-state index contributed by atoms with van der Waals surface area (Å²) in [6, 6.07) is 2.67. The molecule has 2 rings (SSSR count). The molecule has 0 radical (unpaired) electrons. The van der Waals surface area contributed by atoms with Crippen molar-refractivity contribution in [1.82, 2.24) is 10.3 Å². The van der Waals surface area contributed by atoms with Crippen LogP contribution >= 0.6 is 11.6 Å². The number of anilines is 1. The molecule has 1 N–H and O–H groups in total. The molecule has 0 aromatic carbocycles. The van der Waals surface area contributed by atoms with Crippen molar-refractivity contribution in [1.29, 1.82) is 0 Å². The summed E-state index contributed by atoms with van der Waals surface area (Å²) in [5.41, 5.74) is 1.14. The van der Waals surface area contributed by atoms with E-state index in [1.54, 1.807) is 0 Å². The van der Waals surface area contributed by atoms with Gasteiger partial charge in [-0.25, -0.2) is 4.98 Å². The highest BCUT2D eigenvalue weighted by atomic mass is 35.5. The average Bonchev–Trinajstić information content (AvgIpc) is 2.95. The fourth-order valence-electron chi connectivity index (χ4n) is 3.06.